The van der Waals surface area contributed by atoms with E-state index in [2.05, 4.69) is 5.32 Å². The second-order valence-electron chi connectivity index (χ2n) is 6.03. The third-order valence-corrected chi connectivity index (χ3v) is 3.91. The number of hydrogen-bond donors (Lipinski definition) is 1. The van der Waals surface area contributed by atoms with Gasteiger partial charge in [-0.05, 0) is 36.4 Å². The van der Waals surface area contributed by atoms with Crippen molar-refractivity contribution in [3.05, 3.63) is 78.9 Å². The highest BCUT2D eigenvalue weighted by atomic mass is 16.5. The number of carbonyl (C=O) groups is 1. The molecular weight excluding hydrogens is 370 g/mol. The first kappa shape index (κ1) is 20.1. The second-order valence-corrected chi connectivity index (χ2v) is 6.03. The van der Waals surface area contributed by atoms with Gasteiger partial charge in [-0.2, -0.15) is 0 Å². The number of nitrogens with one attached hydrogen (secondary N) is 1. The monoisotopic (exact) mass is 393 g/mol. The van der Waals surface area contributed by atoms with Gasteiger partial charge in [-0.3, -0.25) is 4.79 Å². The average Bonchev–Trinajstić information content (AvgIpc) is 2.76. The van der Waals surface area contributed by atoms with E-state index in [9.17, 15) is 4.79 Å². The minimum atomic E-state index is -0.277. The van der Waals surface area contributed by atoms with E-state index < -0.39 is 0 Å². The van der Waals surface area contributed by atoms with Gasteiger partial charge in [-0.15, -0.1) is 0 Å². The Hall–Kier alpha value is -3.67. The van der Waals surface area contributed by atoms with E-state index in [1.54, 1.807) is 31.4 Å². The molecular formula is C23H23NO5. The molecule has 29 heavy (non-hydrogen) atoms. The summed E-state index contributed by atoms with van der Waals surface area (Å²) >= 11 is 0. The van der Waals surface area contributed by atoms with E-state index in [4.69, 9.17) is 18.9 Å². The predicted molar refractivity (Wildman–Crippen MR) is 111 cm³/mol. The molecule has 3 aromatic rings. The van der Waals surface area contributed by atoms with Crippen LogP contribution in [0.25, 0.3) is 0 Å². The van der Waals surface area contributed by atoms with E-state index in [1.165, 1.54) is 0 Å². The molecule has 3 aromatic carbocycles. The fourth-order valence-corrected chi connectivity index (χ4v) is 2.58. The quantitative estimate of drug-likeness (QED) is 0.524. The average molecular weight is 393 g/mol. The van der Waals surface area contributed by atoms with Gasteiger partial charge in [0.1, 0.15) is 24.7 Å². The molecule has 0 radical (unpaired) electrons. The maximum absolute atomic E-state index is 12.2. The molecule has 3 rings (SSSR count). The first-order valence-electron chi connectivity index (χ1n) is 9.21. The molecule has 1 N–H and O–H groups in total. The smallest absolute Gasteiger partial charge is 0.262 e. The van der Waals surface area contributed by atoms with Crippen molar-refractivity contribution in [1.82, 2.24) is 0 Å². The Morgan fingerprint density at radius 3 is 2.17 bits per heavy atom. The standard InChI is InChI=1S/C23H23NO5/c1-26-21-12-5-6-13-22(21)29-17-23(25)24-18-8-7-11-20(16-18)28-15-14-27-19-9-3-2-4-10-19/h2-13,16H,14-15,17H2,1H3,(H,24,25). The van der Waals surface area contributed by atoms with Crippen molar-refractivity contribution in [3.63, 3.8) is 0 Å². The summed E-state index contributed by atoms with van der Waals surface area (Å²) in [4.78, 5) is 12.2. The number of methoxy groups -OCH3 is 1. The third-order valence-electron chi connectivity index (χ3n) is 3.91. The molecule has 0 aliphatic carbocycles. The number of para-hydroxylation sites is 3. The highest BCUT2D eigenvalue weighted by Crippen LogP contribution is 2.25. The molecule has 0 saturated heterocycles. The lowest BCUT2D eigenvalue weighted by atomic mass is 10.3. The normalized spacial score (nSPS) is 10.1. The molecule has 6 nitrogen and oxygen atoms in total. The summed E-state index contributed by atoms with van der Waals surface area (Å²) in [6.07, 6.45) is 0. The fraction of sp³-hybridized carbons (Fsp3) is 0.174. The minimum Gasteiger partial charge on any atom is -0.493 e. The van der Waals surface area contributed by atoms with E-state index in [0.29, 0.717) is 36.1 Å². The Bertz CT molecular complexity index is 914. The van der Waals surface area contributed by atoms with Crippen LogP contribution < -0.4 is 24.3 Å². The van der Waals surface area contributed by atoms with Gasteiger partial charge in [0.25, 0.3) is 5.91 Å². The largest absolute Gasteiger partial charge is 0.493 e. The Labute approximate surface area is 170 Å². The zero-order valence-electron chi connectivity index (χ0n) is 16.2. The van der Waals surface area contributed by atoms with Gasteiger partial charge in [0.15, 0.2) is 18.1 Å². The summed E-state index contributed by atoms with van der Waals surface area (Å²) in [6, 6.07) is 23.9. The van der Waals surface area contributed by atoms with E-state index in [-0.39, 0.29) is 12.5 Å². The van der Waals surface area contributed by atoms with Crippen LogP contribution in [0.2, 0.25) is 0 Å². The highest BCUT2D eigenvalue weighted by Gasteiger charge is 2.08. The Balaban J connectivity index is 1.44. The van der Waals surface area contributed by atoms with Crippen molar-refractivity contribution in [2.45, 2.75) is 0 Å². The first-order chi connectivity index (χ1) is 14.2. The van der Waals surface area contributed by atoms with Crippen LogP contribution in [-0.4, -0.2) is 32.8 Å². The number of carbonyl (C=O) groups excluding carboxylic acids is 1. The minimum absolute atomic E-state index is 0.129. The summed E-state index contributed by atoms with van der Waals surface area (Å²) < 4.78 is 22.0. The summed E-state index contributed by atoms with van der Waals surface area (Å²) in [6.45, 7) is 0.687. The Morgan fingerprint density at radius 2 is 1.41 bits per heavy atom. The molecule has 0 bridgehead atoms. The van der Waals surface area contributed by atoms with Gasteiger partial charge in [-0.1, -0.05) is 36.4 Å². The van der Waals surface area contributed by atoms with Gasteiger partial charge in [0.2, 0.25) is 0 Å². The van der Waals surface area contributed by atoms with Crippen LogP contribution in [0.4, 0.5) is 5.69 Å². The Morgan fingerprint density at radius 1 is 0.759 bits per heavy atom. The van der Waals surface area contributed by atoms with Crippen LogP contribution in [0.15, 0.2) is 78.9 Å². The van der Waals surface area contributed by atoms with Crippen molar-refractivity contribution in [2.75, 3.05) is 32.2 Å². The highest BCUT2D eigenvalue weighted by molar-refractivity contribution is 5.92. The molecule has 0 heterocycles. The maximum Gasteiger partial charge on any atom is 0.262 e. The molecule has 0 spiro atoms. The van der Waals surface area contributed by atoms with Crippen LogP contribution in [0.5, 0.6) is 23.0 Å². The second kappa shape index (κ2) is 10.6. The Kier molecular flexibility index (Phi) is 7.34. The summed E-state index contributed by atoms with van der Waals surface area (Å²) in [5.74, 6) is 2.26. The van der Waals surface area contributed by atoms with Crippen LogP contribution >= 0.6 is 0 Å². The van der Waals surface area contributed by atoms with E-state index >= 15 is 0 Å². The molecule has 0 atom stereocenters. The first-order valence-corrected chi connectivity index (χ1v) is 9.21. The molecule has 0 saturated carbocycles. The SMILES string of the molecule is COc1ccccc1OCC(=O)Nc1cccc(OCCOc2ccccc2)c1. The summed E-state index contributed by atoms with van der Waals surface area (Å²) in [5.41, 5.74) is 0.625. The van der Waals surface area contributed by atoms with Crippen molar-refractivity contribution >= 4 is 11.6 Å². The summed E-state index contributed by atoms with van der Waals surface area (Å²) in [7, 11) is 1.55. The number of amides is 1. The number of benzene rings is 3. The van der Waals surface area contributed by atoms with Crippen molar-refractivity contribution in [1.29, 1.82) is 0 Å². The maximum atomic E-state index is 12.2. The van der Waals surface area contributed by atoms with Crippen LogP contribution in [0, 0.1) is 0 Å². The number of ether oxygens (including phenoxy) is 4. The molecule has 0 aliphatic rings. The number of hydrogen-bond acceptors (Lipinski definition) is 5. The molecule has 1 amide bonds. The molecule has 0 unspecified atom stereocenters. The zero-order valence-corrected chi connectivity index (χ0v) is 16.2. The molecule has 0 fully saturated rings. The van der Waals surface area contributed by atoms with E-state index in [0.717, 1.165) is 5.75 Å². The van der Waals surface area contributed by atoms with Gasteiger partial charge in [0, 0.05) is 11.8 Å². The molecule has 6 heteroatoms. The lowest BCUT2D eigenvalue weighted by Gasteiger charge is -2.12. The lowest BCUT2D eigenvalue weighted by molar-refractivity contribution is -0.118. The van der Waals surface area contributed by atoms with Gasteiger partial charge in [-0.25, -0.2) is 0 Å². The lowest BCUT2D eigenvalue weighted by Crippen LogP contribution is -2.20. The van der Waals surface area contributed by atoms with Crippen molar-refractivity contribution < 1.29 is 23.7 Å². The van der Waals surface area contributed by atoms with Crippen molar-refractivity contribution in [3.8, 4) is 23.0 Å². The predicted octanol–water partition coefficient (Wildman–Crippen LogP) is 4.17. The summed E-state index contributed by atoms with van der Waals surface area (Å²) in [5, 5.41) is 2.79. The molecule has 0 aromatic heterocycles. The number of anilines is 1. The van der Waals surface area contributed by atoms with Crippen LogP contribution in [0.3, 0.4) is 0 Å². The zero-order chi connectivity index (χ0) is 20.3. The molecule has 150 valence electrons. The van der Waals surface area contributed by atoms with Gasteiger partial charge >= 0.3 is 0 Å². The fourth-order valence-electron chi connectivity index (χ4n) is 2.58. The third kappa shape index (κ3) is 6.46. The molecule has 0 aliphatic heterocycles. The van der Waals surface area contributed by atoms with Crippen molar-refractivity contribution in [2.24, 2.45) is 0 Å². The van der Waals surface area contributed by atoms with E-state index in [1.807, 2.05) is 54.6 Å². The number of rotatable bonds is 10. The van der Waals surface area contributed by atoms with Crippen LogP contribution in [-0.2, 0) is 4.79 Å². The van der Waals surface area contributed by atoms with Gasteiger partial charge in [0.05, 0.1) is 7.11 Å². The van der Waals surface area contributed by atoms with Crippen LogP contribution in [0.1, 0.15) is 0 Å². The van der Waals surface area contributed by atoms with Gasteiger partial charge < -0.3 is 24.3 Å². The topological polar surface area (TPSA) is 66.0 Å².